The lowest BCUT2D eigenvalue weighted by Gasteiger charge is -2.22. The van der Waals surface area contributed by atoms with Gasteiger partial charge >= 0.3 is 0 Å². The second kappa shape index (κ2) is 13.3. The molecule has 0 atom stereocenters. The molecule has 8 nitrogen and oxygen atoms in total. The highest BCUT2D eigenvalue weighted by Gasteiger charge is 2.27. The predicted octanol–water partition coefficient (Wildman–Crippen LogP) is 6.89. The number of nitrogens with zero attached hydrogens (tertiary/aromatic N) is 1. The highest BCUT2D eigenvalue weighted by molar-refractivity contribution is 7.91. The number of carbonyl (C=O) groups excluding carboxylic acids is 1. The Labute approximate surface area is 270 Å². The van der Waals surface area contributed by atoms with E-state index in [1.165, 1.54) is 30.6 Å². The van der Waals surface area contributed by atoms with Crippen LogP contribution in [0, 0.1) is 5.92 Å². The van der Waals surface area contributed by atoms with Gasteiger partial charge in [0.25, 0.3) is 5.91 Å². The third-order valence-corrected chi connectivity index (χ3v) is 12.8. The van der Waals surface area contributed by atoms with Crippen LogP contribution in [0.2, 0.25) is 0 Å². The molecule has 0 aliphatic heterocycles. The summed E-state index contributed by atoms with van der Waals surface area (Å²) in [5.74, 6) is 0.204. The first-order chi connectivity index (χ1) is 21.3. The van der Waals surface area contributed by atoms with Crippen molar-refractivity contribution in [1.29, 1.82) is 0 Å². The minimum atomic E-state index is -3.79. The fraction of sp³-hybridized carbons (Fsp3) is 0.412. The van der Waals surface area contributed by atoms with Gasteiger partial charge in [-0.05, 0) is 62.3 Å². The summed E-state index contributed by atoms with van der Waals surface area (Å²) >= 11 is 1.32. The Balaban J connectivity index is 1.49. The number of carbonyl (C=O) groups is 1. The number of aromatic nitrogens is 1. The maximum absolute atomic E-state index is 13.4. The van der Waals surface area contributed by atoms with E-state index >= 15 is 0 Å². The topological polar surface area (TPSA) is 122 Å². The van der Waals surface area contributed by atoms with Gasteiger partial charge in [0.2, 0.25) is 10.0 Å². The molecule has 0 saturated heterocycles. The van der Waals surface area contributed by atoms with Crippen molar-refractivity contribution < 1.29 is 21.6 Å². The summed E-state index contributed by atoms with van der Waals surface area (Å²) in [7, 11) is -7.09. The van der Waals surface area contributed by atoms with E-state index in [-0.39, 0.29) is 28.0 Å². The normalized spacial score (nSPS) is 14.9. The summed E-state index contributed by atoms with van der Waals surface area (Å²) in [4.78, 5) is 19.6. The van der Waals surface area contributed by atoms with Gasteiger partial charge in [0.05, 0.1) is 26.1 Å². The minimum absolute atomic E-state index is 0.0281. The molecule has 240 valence electrons. The van der Waals surface area contributed by atoms with Crippen molar-refractivity contribution in [2.24, 2.45) is 5.92 Å². The van der Waals surface area contributed by atoms with E-state index in [9.17, 15) is 21.6 Å². The van der Waals surface area contributed by atoms with E-state index in [4.69, 9.17) is 4.98 Å². The smallest absolute Gasteiger partial charge is 0.280 e. The number of hydrogen-bond acceptors (Lipinski definition) is 7. The summed E-state index contributed by atoms with van der Waals surface area (Å²) < 4.78 is 53.9. The monoisotopic (exact) mass is 667 g/mol. The molecular weight excluding hydrogens is 627 g/mol. The Kier molecular flexibility index (Phi) is 9.84. The number of sulfone groups is 1. The minimum Gasteiger partial charge on any atom is -0.346 e. The molecule has 0 unspecified atom stereocenters. The van der Waals surface area contributed by atoms with Crippen molar-refractivity contribution in [3.05, 3.63) is 76.9 Å². The molecule has 0 bridgehead atoms. The summed E-state index contributed by atoms with van der Waals surface area (Å²) in [6.07, 6.45) is 6.62. The van der Waals surface area contributed by atoms with Crippen LogP contribution in [0.1, 0.15) is 80.9 Å². The van der Waals surface area contributed by atoms with Gasteiger partial charge < -0.3 is 5.32 Å². The van der Waals surface area contributed by atoms with Crippen LogP contribution in [0.5, 0.6) is 0 Å². The fourth-order valence-electron chi connectivity index (χ4n) is 5.86. The second-order valence-electron chi connectivity index (χ2n) is 12.7. The van der Waals surface area contributed by atoms with E-state index in [2.05, 4.69) is 10.0 Å². The first kappa shape index (κ1) is 33.2. The maximum atomic E-state index is 13.4. The molecule has 4 aromatic rings. The Hall–Kier alpha value is -3.12. The molecule has 0 radical (unpaired) electrons. The molecule has 11 heteroatoms. The highest BCUT2D eigenvalue weighted by atomic mass is 32.2. The Morgan fingerprint density at radius 1 is 0.911 bits per heavy atom. The summed E-state index contributed by atoms with van der Waals surface area (Å²) in [6.45, 7) is 7.28. The molecule has 1 fully saturated rings. The van der Waals surface area contributed by atoms with Crippen LogP contribution in [0.4, 0.5) is 0 Å². The zero-order valence-corrected chi connectivity index (χ0v) is 28.7. The van der Waals surface area contributed by atoms with E-state index < -0.39 is 25.4 Å². The lowest BCUT2D eigenvalue weighted by molar-refractivity contribution is 0.0950. The molecule has 1 amide bonds. The zero-order valence-electron chi connectivity index (χ0n) is 26.2. The maximum Gasteiger partial charge on any atom is 0.280 e. The average Bonchev–Trinajstić information content (AvgIpc) is 3.42. The number of nitrogens with one attached hydrogen (secondary N) is 2. The van der Waals surface area contributed by atoms with Gasteiger partial charge in [-0.3, -0.25) is 4.79 Å². The van der Waals surface area contributed by atoms with Crippen LogP contribution in [0.25, 0.3) is 21.2 Å². The number of fused-ring (bicyclic) bond motifs is 1. The van der Waals surface area contributed by atoms with Gasteiger partial charge in [-0.25, -0.2) is 26.5 Å². The zero-order chi connectivity index (χ0) is 32.4. The SMILES string of the molecule is CCS(=O)(=O)c1ccc(CNC(=O)c2nc(CC3CCCCC3)c(-c3ccc(S(=O)(=O)NC(C)(C)C)c4ccccc34)s2)cc1. The third kappa shape index (κ3) is 7.82. The van der Waals surface area contributed by atoms with Gasteiger partial charge in [-0.15, -0.1) is 11.3 Å². The van der Waals surface area contributed by atoms with Crippen LogP contribution in [-0.4, -0.2) is 39.0 Å². The van der Waals surface area contributed by atoms with Crippen molar-refractivity contribution in [3.8, 4) is 10.4 Å². The van der Waals surface area contributed by atoms with Crippen LogP contribution >= 0.6 is 11.3 Å². The molecule has 1 heterocycles. The summed E-state index contributed by atoms with van der Waals surface area (Å²) in [6, 6.07) is 17.5. The first-order valence-electron chi connectivity index (χ1n) is 15.4. The van der Waals surface area contributed by atoms with E-state index in [0.717, 1.165) is 46.3 Å². The Bertz CT molecular complexity index is 1900. The van der Waals surface area contributed by atoms with E-state index in [1.54, 1.807) is 37.3 Å². The van der Waals surface area contributed by atoms with Crippen LogP contribution in [-0.2, 0) is 32.8 Å². The fourth-order valence-corrected chi connectivity index (χ4v) is 9.43. The molecule has 3 aromatic carbocycles. The third-order valence-electron chi connectivity index (χ3n) is 8.07. The predicted molar refractivity (Wildman–Crippen MR) is 181 cm³/mol. The second-order valence-corrected chi connectivity index (χ2v) is 17.7. The number of sulfonamides is 1. The molecule has 45 heavy (non-hydrogen) atoms. The number of amides is 1. The van der Waals surface area contributed by atoms with Gasteiger partial charge in [0.15, 0.2) is 14.8 Å². The van der Waals surface area contributed by atoms with Crippen molar-refractivity contribution in [3.63, 3.8) is 0 Å². The van der Waals surface area contributed by atoms with E-state index in [0.29, 0.717) is 16.3 Å². The lowest BCUT2D eigenvalue weighted by atomic mass is 9.85. The standard InChI is InChI=1S/C34H41N3O5S3/c1-5-44(39,40)25-17-15-24(16-18-25)22-35-32(38)33-36-29(21-23-11-7-6-8-12-23)31(43-33)28-19-20-30(27-14-10-9-13-26(27)28)45(41,42)37-34(2,3)4/h9-10,13-20,23,37H,5-8,11-12,21-22H2,1-4H3,(H,35,38). The molecule has 1 aromatic heterocycles. The van der Waals surface area contributed by atoms with Crippen LogP contribution in [0.15, 0.2) is 70.5 Å². The molecule has 1 aliphatic carbocycles. The first-order valence-corrected chi connectivity index (χ1v) is 19.4. The molecule has 1 saturated carbocycles. The molecule has 2 N–H and O–H groups in total. The van der Waals surface area contributed by atoms with Gasteiger partial charge in [0.1, 0.15) is 0 Å². The lowest BCUT2D eigenvalue weighted by Crippen LogP contribution is -2.40. The number of rotatable bonds is 10. The number of hydrogen-bond donors (Lipinski definition) is 2. The average molecular weight is 668 g/mol. The molecule has 5 rings (SSSR count). The number of benzene rings is 3. The number of thiazole rings is 1. The van der Waals surface area contributed by atoms with Crippen molar-refractivity contribution in [2.75, 3.05) is 5.75 Å². The molecule has 0 spiro atoms. The molecule has 1 aliphatic rings. The Morgan fingerprint density at radius 3 is 2.22 bits per heavy atom. The largest absolute Gasteiger partial charge is 0.346 e. The van der Waals surface area contributed by atoms with Crippen molar-refractivity contribution >= 4 is 47.9 Å². The summed E-state index contributed by atoms with van der Waals surface area (Å²) in [5.41, 5.74) is 1.86. The van der Waals surface area contributed by atoms with Crippen molar-refractivity contribution in [1.82, 2.24) is 15.0 Å². The quantitative estimate of drug-likeness (QED) is 0.190. The van der Waals surface area contributed by atoms with Crippen LogP contribution in [0.3, 0.4) is 0 Å². The highest BCUT2D eigenvalue weighted by Crippen LogP contribution is 2.40. The van der Waals surface area contributed by atoms with E-state index in [1.807, 2.05) is 51.1 Å². The van der Waals surface area contributed by atoms with Gasteiger partial charge in [-0.1, -0.05) is 81.5 Å². The van der Waals surface area contributed by atoms with Crippen molar-refractivity contribution in [2.45, 2.75) is 88.1 Å². The molecular formula is C34H41N3O5S3. The Morgan fingerprint density at radius 2 is 1.58 bits per heavy atom. The summed E-state index contributed by atoms with van der Waals surface area (Å²) in [5, 5.41) is 4.69. The van der Waals surface area contributed by atoms with Crippen LogP contribution < -0.4 is 10.0 Å². The van der Waals surface area contributed by atoms with Gasteiger partial charge in [-0.2, -0.15) is 0 Å². The van der Waals surface area contributed by atoms with Gasteiger partial charge in [0, 0.05) is 23.0 Å².